The standard InChI is InChI=1S/C12H17NO2/c13-7-1-2-10-3-5-11(6-4-10)14-8-12-9-15-12/h3-6,12H,1-2,7-9,13H2. The molecule has 2 rings (SSSR count). The van der Waals surface area contributed by atoms with E-state index in [0.29, 0.717) is 12.7 Å². The van der Waals surface area contributed by atoms with Crippen LogP contribution in [0.5, 0.6) is 5.75 Å². The Kier molecular flexibility index (Phi) is 3.59. The summed E-state index contributed by atoms with van der Waals surface area (Å²) in [6.07, 6.45) is 2.40. The Balaban J connectivity index is 1.79. The highest BCUT2D eigenvalue weighted by Crippen LogP contribution is 2.16. The van der Waals surface area contributed by atoms with Crippen molar-refractivity contribution in [2.24, 2.45) is 5.73 Å². The van der Waals surface area contributed by atoms with E-state index in [1.807, 2.05) is 12.1 Å². The summed E-state index contributed by atoms with van der Waals surface area (Å²) in [6.45, 7) is 2.26. The van der Waals surface area contributed by atoms with Crippen molar-refractivity contribution < 1.29 is 9.47 Å². The van der Waals surface area contributed by atoms with Crippen LogP contribution in [0.3, 0.4) is 0 Å². The predicted octanol–water partition coefficient (Wildman–Crippen LogP) is 1.36. The zero-order valence-corrected chi connectivity index (χ0v) is 8.82. The van der Waals surface area contributed by atoms with E-state index >= 15 is 0 Å². The van der Waals surface area contributed by atoms with E-state index in [2.05, 4.69) is 12.1 Å². The minimum Gasteiger partial charge on any atom is -0.491 e. The van der Waals surface area contributed by atoms with Gasteiger partial charge in [-0.3, -0.25) is 0 Å². The molecule has 82 valence electrons. The topological polar surface area (TPSA) is 47.8 Å². The van der Waals surface area contributed by atoms with Crippen LogP contribution < -0.4 is 10.5 Å². The maximum absolute atomic E-state index is 5.54. The van der Waals surface area contributed by atoms with Gasteiger partial charge in [0, 0.05) is 0 Å². The van der Waals surface area contributed by atoms with Crippen molar-refractivity contribution in [3.63, 3.8) is 0 Å². The number of ether oxygens (including phenoxy) is 2. The summed E-state index contributed by atoms with van der Waals surface area (Å²) in [4.78, 5) is 0. The van der Waals surface area contributed by atoms with Crippen LogP contribution in [0.2, 0.25) is 0 Å². The Morgan fingerprint density at radius 3 is 2.67 bits per heavy atom. The fourth-order valence-electron chi connectivity index (χ4n) is 1.41. The average molecular weight is 207 g/mol. The molecule has 0 amide bonds. The molecule has 1 aromatic carbocycles. The maximum atomic E-state index is 5.54. The van der Waals surface area contributed by atoms with Crippen LogP contribution in [-0.4, -0.2) is 25.9 Å². The third kappa shape index (κ3) is 3.53. The van der Waals surface area contributed by atoms with E-state index < -0.39 is 0 Å². The lowest BCUT2D eigenvalue weighted by molar-refractivity contribution is 0.263. The van der Waals surface area contributed by atoms with Gasteiger partial charge in [-0.1, -0.05) is 12.1 Å². The average Bonchev–Trinajstić information content (AvgIpc) is 3.09. The van der Waals surface area contributed by atoms with Gasteiger partial charge in [0.05, 0.1) is 6.61 Å². The molecule has 1 saturated heterocycles. The normalized spacial score (nSPS) is 18.9. The Labute approximate surface area is 90.2 Å². The van der Waals surface area contributed by atoms with Crippen molar-refractivity contribution in [3.05, 3.63) is 29.8 Å². The van der Waals surface area contributed by atoms with Crippen molar-refractivity contribution in [3.8, 4) is 5.75 Å². The van der Waals surface area contributed by atoms with Crippen molar-refractivity contribution in [2.75, 3.05) is 19.8 Å². The molecule has 2 N–H and O–H groups in total. The molecule has 0 saturated carbocycles. The second kappa shape index (κ2) is 5.14. The van der Waals surface area contributed by atoms with Crippen LogP contribution >= 0.6 is 0 Å². The van der Waals surface area contributed by atoms with Crippen LogP contribution in [0.4, 0.5) is 0 Å². The highest BCUT2D eigenvalue weighted by Gasteiger charge is 2.22. The Hall–Kier alpha value is -1.06. The molecule has 0 aromatic heterocycles. The van der Waals surface area contributed by atoms with E-state index in [1.54, 1.807) is 0 Å². The Morgan fingerprint density at radius 1 is 1.33 bits per heavy atom. The number of hydrogen-bond acceptors (Lipinski definition) is 3. The summed E-state index contributed by atoms with van der Waals surface area (Å²) < 4.78 is 10.6. The first kappa shape index (κ1) is 10.5. The lowest BCUT2D eigenvalue weighted by atomic mass is 10.1. The summed E-state index contributed by atoms with van der Waals surface area (Å²) in [6, 6.07) is 8.21. The summed E-state index contributed by atoms with van der Waals surface area (Å²) in [7, 11) is 0. The molecular formula is C12H17NO2. The molecule has 0 aliphatic carbocycles. The zero-order chi connectivity index (χ0) is 10.5. The minimum atomic E-state index is 0.321. The fourth-order valence-corrected chi connectivity index (χ4v) is 1.41. The number of rotatable bonds is 6. The van der Waals surface area contributed by atoms with Gasteiger partial charge in [0.15, 0.2) is 0 Å². The molecule has 3 nitrogen and oxygen atoms in total. The summed E-state index contributed by atoms with van der Waals surface area (Å²) in [5.74, 6) is 0.919. The summed E-state index contributed by atoms with van der Waals surface area (Å²) in [5.41, 5.74) is 6.77. The van der Waals surface area contributed by atoms with Crippen LogP contribution in [0, 0.1) is 0 Å². The summed E-state index contributed by atoms with van der Waals surface area (Å²) in [5, 5.41) is 0. The monoisotopic (exact) mass is 207 g/mol. The smallest absolute Gasteiger partial charge is 0.119 e. The number of aryl methyl sites for hydroxylation is 1. The van der Waals surface area contributed by atoms with Crippen molar-refractivity contribution in [1.29, 1.82) is 0 Å². The highest BCUT2D eigenvalue weighted by atomic mass is 16.6. The first-order chi connectivity index (χ1) is 7.38. The number of epoxide rings is 1. The number of benzene rings is 1. The largest absolute Gasteiger partial charge is 0.491 e. The lowest BCUT2D eigenvalue weighted by Gasteiger charge is -2.05. The van der Waals surface area contributed by atoms with Gasteiger partial charge in [-0.05, 0) is 37.1 Å². The number of nitrogens with two attached hydrogens (primary N) is 1. The molecule has 1 atom stereocenters. The molecule has 1 aliphatic heterocycles. The quantitative estimate of drug-likeness (QED) is 0.716. The molecule has 1 fully saturated rings. The SMILES string of the molecule is NCCCc1ccc(OCC2CO2)cc1. The molecule has 0 spiro atoms. The van der Waals surface area contributed by atoms with Gasteiger partial charge in [-0.15, -0.1) is 0 Å². The second-order valence-electron chi connectivity index (χ2n) is 3.80. The van der Waals surface area contributed by atoms with E-state index in [0.717, 1.165) is 31.7 Å². The van der Waals surface area contributed by atoms with Gasteiger partial charge < -0.3 is 15.2 Å². The van der Waals surface area contributed by atoms with E-state index in [1.165, 1.54) is 5.56 Å². The van der Waals surface area contributed by atoms with Gasteiger partial charge in [0.1, 0.15) is 18.5 Å². The summed E-state index contributed by atoms with van der Waals surface area (Å²) >= 11 is 0. The lowest BCUT2D eigenvalue weighted by Crippen LogP contribution is -2.04. The molecule has 1 aromatic rings. The molecule has 3 heteroatoms. The molecule has 1 unspecified atom stereocenters. The van der Waals surface area contributed by atoms with Crippen LogP contribution in [-0.2, 0) is 11.2 Å². The van der Waals surface area contributed by atoms with E-state index in [9.17, 15) is 0 Å². The first-order valence-corrected chi connectivity index (χ1v) is 5.42. The van der Waals surface area contributed by atoms with Crippen molar-refractivity contribution in [1.82, 2.24) is 0 Å². The molecule has 1 heterocycles. The van der Waals surface area contributed by atoms with Gasteiger partial charge in [0.2, 0.25) is 0 Å². The van der Waals surface area contributed by atoms with Gasteiger partial charge in [-0.25, -0.2) is 0 Å². The van der Waals surface area contributed by atoms with Crippen LogP contribution in [0.1, 0.15) is 12.0 Å². The maximum Gasteiger partial charge on any atom is 0.119 e. The van der Waals surface area contributed by atoms with E-state index in [4.69, 9.17) is 15.2 Å². The molecular weight excluding hydrogens is 190 g/mol. The van der Waals surface area contributed by atoms with Gasteiger partial charge >= 0.3 is 0 Å². The Morgan fingerprint density at radius 2 is 2.07 bits per heavy atom. The van der Waals surface area contributed by atoms with Crippen molar-refractivity contribution >= 4 is 0 Å². The van der Waals surface area contributed by atoms with Crippen LogP contribution in [0.25, 0.3) is 0 Å². The Bertz CT molecular complexity index is 293. The number of hydrogen-bond donors (Lipinski definition) is 1. The fraction of sp³-hybridized carbons (Fsp3) is 0.500. The molecule has 0 bridgehead atoms. The minimum absolute atomic E-state index is 0.321. The molecule has 0 radical (unpaired) electrons. The molecule has 1 aliphatic rings. The first-order valence-electron chi connectivity index (χ1n) is 5.42. The van der Waals surface area contributed by atoms with Crippen molar-refractivity contribution in [2.45, 2.75) is 18.9 Å². The highest BCUT2D eigenvalue weighted by molar-refractivity contribution is 5.27. The van der Waals surface area contributed by atoms with Gasteiger partial charge in [-0.2, -0.15) is 0 Å². The van der Waals surface area contributed by atoms with Crippen LogP contribution in [0.15, 0.2) is 24.3 Å². The second-order valence-corrected chi connectivity index (χ2v) is 3.80. The zero-order valence-electron chi connectivity index (χ0n) is 8.82. The van der Waals surface area contributed by atoms with E-state index in [-0.39, 0.29) is 0 Å². The third-order valence-electron chi connectivity index (χ3n) is 2.43. The third-order valence-corrected chi connectivity index (χ3v) is 2.43. The van der Waals surface area contributed by atoms with Gasteiger partial charge in [0.25, 0.3) is 0 Å². The predicted molar refractivity (Wildman–Crippen MR) is 59.1 cm³/mol. The molecule has 15 heavy (non-hydrogen) atoms.